The normalized spacial score (nSPS) is 34.0. The summed E-state index contributed by atoms with van der Waals surface area (Å²) in [6.07, 6.45) is 11.1. The molecule has 0 radical (unpaired) electrons. The zero-order valence-electron chi connectivity index (χ0n) is 11.3. The van der Waals surface area contributed by atoms with Crippen LogP contribution in [-0.4, -0.2) is 41.3 Å². The van der Waals surface area contributed by atoms with Crippen LogP contribution in [0.5, 0.6) is 0 Å². The van der Waals surface area contributed by atoms with Gasteiger partial charge < -0.3 is 20.6 Å². The number of allylic oxidation sites excluding steroid dienone is 1. The Morgan fingerprint density at radius 3 is 2.95 bits per heavy atom. The number of hydrogen-bond donors (Lipinski definition) is 3. The van der Waals surface area contributed by atoms with E-state index in [0.717, 1.165) is 38.1 Å². The Labute approximate surface area is 114 Å². The molecular formula is C14H22N4O. The van der Waals surface area contributed by atoms with Crippen molar-refractivity contribution in [1.29, 1.82) is 0 Å². The predicted octanol–water partition coefficient (Wildman–Crippen LogP) is 0.898. The Balaban J connectivity index is 1.61. The molecule has 0 aromatic carbocycles. The first kappa shape index (κ1) is 12.5. The molecule has 0 spiro atoms. The molecule has 1 fully saturated rings. The molecule has 19 heavy (non-hydrogen) atoms. The van der Waals surface area contributed by atoms with Gasteiger partial charge in [-0.3, -0.25) is 0 Å². The van der Waals surface area contributed by atoms with Gasteiger partial charge in [0.25, 0.3) is 0 Å². The Bertz CT molecular complexity index is 421. The smallest absolute Gasteiger partial charge is 0.198 e. The molecule has 3 rings (SSSR count). The summed E-state index contributed by atoms with van der Waals surface area (Å²) in [6.45, 7) is 0. The molecular weight excluding hydrogens is 240 g/mol. The standard InChI is InChI=1S/C14H22N4O/c1-18-8-2-3-10-9-15-14(17-13(10)18)16-11-4-6-12(19)7-5-11/h2,8-9,11-13,19H,3-7H2,1H3,(H2,15,16,17). The molecule has 0 aromatic heterocycles. The first-order valence-corrected chi connectivity index (χ1v) is 7.09. The Kier molecular flexibility index (Phi) is 3.46. The van der Waals surface area contributed by atoms with Gasteiger partial charge in [-0.2, -0.15) is 0 Å². The number of guanidine groups is 1. The second-order valence-corrected chi connectivity index (χ2v) is 5.63. The van der Waals surface area contributed by atoms with Gasteiger partial charge in [0.1, 0.15) is 6.17 Å². The van der Waals surface area contributed by atoms with E-state index in [1.807, 2.05) is 6.20 Å². The van der Waals surface area contributed by atoms with Crippen molar-refractivity contribution < 1.29 is 5.11 Å². The number of likely N-dealkylation sites (N-methyl/N-ethyl adjacent to an activating group) is 1. The lowest BCUT2D eigenvalue weighted by molar-refractivity contribution is 0.120. The van der Waals surface area contributed by atoms with E-state index >= 15 is 0 Å². The number of aliphatic hydroxyl groups excluding tert-OH is 1. The summed E-state index contributed by atoms with van der Waals surface area (Å²) in [5.41, 5.74) is 1.30. The lowest BCUT2D eigenvalue weighted by Gasteiger charge is -2.37. The minimum atomic E-state index is -0.111. The zero-order valence-corrected chi connectivity index (χ0v) is 11.3. The minimum Gasteiger partial charge on any atom is -0.393 e. The van der Waals surface area contributed by atoms with E-state index in [4.69, 9.17) is 0 Å². The van der Waals surface area contributed by atoms with Crippen LogP contribution in [0.15, 0.2) is 29.0 Å². The van der Waals surface area contributed by atoms with Crippen LogP contribution in [0, 0.1) is 0 Å². The number of nitrogens with zero attached hydrogens (tertiary/aromatic N) is 2. The molecule has 3 aliphatic rings. The lowest BCUT2D eigenvalue weighted by Crippen LogP contribution is -2.54. The predicted molar refractivity (Wildman–Crippen MR) is 75.4 cm³/mol. The van der Waals surface area contributed by atoms with Crippen molar-refractivity contribution >= 4 is 5.96 Å². The van der Waals surface area contributed by atoms with Crippen molar-refractivity contribution in [3.63, 3.8) is 0 Å². The molecule has 5 nitrogen and oxygen atoms in total. The molecule has 104 valence electrons. The summed E-state index contributed by atoms with van der Waals surface area (Å²) in [4.78, 5) is 6.63. The van der Waals surface area contributed by atoms with Gasteiger partial charge in [-0.05, 0) is 43.9 Å². The van der Waals surface area contributed by atoms with Crippen molar-refractivity contribution in [1.82, 2.24) is 15.5 Å². The third-order valence-electron chi connectivity index (χ3n) is 4.12. The highest BCUT2D eigenvalue weighted by Gasteiger charge is 2.26. The van der Waals surface area contributed by atoms with Crippen LogP contribution >= 0.6 is 0 Å². The fourth-order valence-electron chi connectivity index (χ4n) is 2.94. The summed E-state index contributed by atoms with van der Waals surface area (Å²) >= 11 is 0. The first-order valence-electron chi connectivity index (χ1n) is 7.09. The highest BCUT2D eigenvalue weighted by Crippen LogP contribution is 2.21. The third kappa shape index (κ3) is 2.76. The maximum atomic E-state index is 9.52. The maximum absolute atomic E-state index is 9.52. The molecule has 2 aliphatic heterocycles. The molecule has 0 bridgehead atoms. The van der Waals surface area contributed by atoms with Gasteiger partial charge in [0.05, 0.1) is 6.10 Å². The summed E-state index contributed by atoms with van der Waals surface area (Å²) in [5, 5.41) is 16.4. The Morgan fingerprint density at radius 1 is 1.37 bits per heavy atom. The first-order chi connectivity index (χ1) is 9.22. The van der Waals surface area contributed by atoms with Crippen molar-refractivity contribution in [2.24, 2.45) is 4.99 Å². The molecule has 3 N–H and O–H groups in total. The van der Waals surface area contributed by atoms with Crippen LogP contribution in [0.2, 0.25) is 0 Å². The Hall–Kier alpha value is -1.49. The number of aliphatic hydroxyl groups is 1. The number of aliphatic imine (C=N–C) groups is 1. The minimum absolute atomic E-state index is 0.111. The largest absolute Gasteiger partial charge is 0.393 e. The van der Waals surface area contributed by atoms with Crippen molar-refractivity contribution in [3.05, 3.63) is 24.0 Å². The molecule has 0 saturated heterocycles. The number of nitrogens with one attached hydrogen (secondary N) is 2. The van der Waals surface area contributed by atoms with E-state index in [2.05, 4.69) is 39.8 Å². The fourth-order valence-corrected chi connectivity index (χ4v) is 2.94. The molecule has 1 aliphatic carbocycles. The molecule has 1 atom stereocenters. The van der Waals surface area contributed by atoms with Gasteiger partial charge in [-0.25, -0.2) is 4.99 Å². The summed E-state index contributed by atoms with van der Waals surface area (Å²) in [6, 6.07) is 0.425. The monoisotopic (exact) mass is 262 g/mol. The number of fused-ring (bicyclic) bond motifs is 1. The van der Waals surface area contributed by atoms with E-state index in [9.17, 15) is 5.11 Å². The summed E-state index contributed by atoms with van der Waals surface area (Å²) in [7, 11) is 2.07. The average Bonchev–Trinajstić information content (AvgIpc) is 2.42. The van der Waals surface area contributed by atoms with Gasteiger partial charge in [0, 0.05) is 19.3 Å². The fraction of sp³-hybridized carbons (Fsp3) is 0.643. The van der Waals surface area contributed by atoms with E-state index in [-0.39, 0.29) is 12.3 Å². The maximum Gasteiger partial charge on any atom is 0.198 e. The van der Waals surface area contributed by atoms with Gasteiger partial charge in [-0.15, -0.1) is 0 Å². The Morgan fingerprint density at radius 2 is 2.16 bits per heavy atom. The highest BCUT2D eigenvalue weighted by molar-refractivity contribution is 5.82. The number of hydrogen-bond acceptors (Lipinski definition) is 5. The quantitative estimate of drug-likeness (QED) is 0.657. The molecule has 1 saturated carbocycles. The van der Waals surface area contributed by atoms with Crippen molar-refractivity contribution in [3.8, 4) is 0 Å². The molecule has 2 heterocycles. The van der Waals surface area contributed by atoms with Crippen LogP contribution in [0.4, 0.5) is 0 Å². The van der Waals surface area contributed by atoms with Crippen LogP contribution in [-0.2, 0) is 0 Å². The van der Waals surface area contributed by atoms with E-state index in [1.54, 1.807) is 0 Å². The van der Waals surface area contributed by atoms with Gasteiger partial charge in [0.15, 0.2) is 5.96 Å². The van der Waals surface area contributed by atoms with E-state index in [0.29, 0.717) is 6.04 Å². The third-order valence-corrected chi connectivity index (χ3v) is 4.12. The topological polar surface area (TPSA) is 59.9 Å². The van der Waals surface area contributed by atoms with Gasteiger partial charge in [-0.1, -0.05) is 6.08 Å². The summed E-state index contributed by atoms with van der Waals surface area (Å²) in [5.74, 6) is 0.859. The van der Waals surface area contributed by atoms with Crippen LogP contribution in [0.1, 0.15) is 32.1 Å². The SMILES string of the molecule is CN1C=CCC2=CN=C(NC3CCC(O)CC3)NC21. The lowest BCUT2D eigenvalue weighted by atomic mass is 9.93. The molecule has 5 heteroatoms. The molecule has 0 aromatic rings. The van der Waals surface area contributed by atoms with Gasteiger partial charge >= 0.3 is 0 Å². The van der Waals surface area contributed by atoms with Gasteiger partial charge in [0.2, 0.25) is 0 Å². The van der Waals surface area contributed by atoms with E-state index in [1.165, 1.54) is 5.57 Å². The second-order valence-electron chi connectivity index (χ2n) is 5.63. The van der Waals surface area contributed by atoms with Crippen molar-refractivity contribution in [2.45, 2.75) is 50.4 Å². The zero-order chi connectivity index (χ0) is 13.2. The van der Waals surface area contributed by atoms with E-state index < -0.39 is 0 Å². The van der Waals surface area contributed by atoms with Crippen LogP contribution in [0.3, 0.4) is 0 Å². The highest BCUT2D eigenvalue weighted by atomic mass is 16.3. The number of rotatable bonds is 1. The van der Waals surface area contributed by atoms with Crippen LogP contribution < -0.4 is 10.6 Å². The average molecular weight is 262 g/mol. The second kappa shape index (κ2) is 5.25. The van der Waals surface area contributed by atoms with Crippen molar-refractivity contribution in [2.75, 3.05) is 7.05 Å². The van der Waals surface area contributed by atoms with Crippen LogP contribution in [0.25, 0.3) is 0 Å². The molecule has 1 unspecified atom stereocenters. The molecule has 0 amide bonds. The summed E-state index contributed by atoms with van der Waals surface area (Å²) < 4.78 is 0.